The molecule has 0 spiro atoms. The van der Waals surface area contributed by atoms with Crippen LogP contribution in [0.25, 0.3) is 0 Å². The van der Waals surface area contributed by atoms with Crippen LogP contribution in [0.5, 0.6) is 0 Å². The quantitative estimate of drug-likeness (QED) is 0.577. The summed E-state index contributed by atoms with van der Waals surface area (Å²) in [6, 6.07) is 0. The predicted octanol–water partition coefficient (Wildman–Crippen LogP) is 3.59. The van der Waals surface area contributed by atoms with Gasteiger partial charge in [-0.3, -0.25) is 0 Å². The Bertz CT molecular complexity index is 80.4. The molecular formula is C13H28O2. The summed E-state index contributed by atoms with van der Waals surface area (Å²) in [5.41, 5.74) is 0. The maximum atomic E-state index is 8.07. The third-order valence-corrected chi connectivity index (χ3v) is 0.440. The summed E-state index contributed by atoms with van der Waals surface area (Å²) in [6.45, 7) is 18.9. The second-order valence-electron chi connectivity index (χ2n) is 2.15. The maximum Gasteiger partial charge on any atom is 0.0697 e. The zero-order chi connectivity index (χ0) is 12.9. The molecule has 2 heteroatoms. The van der Waals surface area contributed by atoms with Crippen molar-refractivity contribution in [1.29, 1.82) is 0 Å². The molecule has 0 aliphatic heterocycles. The van der Waals surface area contributed by atoms with Gasteiger partial charge in [0, 0.05) is 6.61 Å². The van der Waals surface area contributed by atoms with Gasteiger partial charge in [0.15, 0.2) is 0 Å². The fraction of sp³-hybridized carbons (Fsp3) is 0.538. The standard InChI is InChI=1S/C4H10O2.3C3H6/c1-2-6-4-3-5;3*1-3-2/h5H,2-4H2,1H3;3*3H,1H2,2H3. The van der Waals surface area contributed by atoms with Gasteiger partial charge in [0.25, 0.3) is 0 Å². The van der Waals surface area contributed by atoms with Gasteiger partial charge in [-0.15, -0.1) is 19.7 Å². The highest BCUT2D eigenvalue weighted by Gasteiger charge is 1.73. The monoisotopic (exact) mass is 216 g/mol. The van der Waals surface area contributed by atoms with Gasteiger partial charge in [0.2, 0.25) is 0 Å². The molecule has 0 aliphatic carbocycles. The third-order valence-electron chi connectivity index (χ3n) is 0.440. The molecule has 0 fully saturated rings. The van der Waals surface area contributed by atoms with Crippen LogP contribution < -0.4 is 0 Å². The number of ether oxygens (including phenoxy) is 1. The number of aliphatic hydroxyl groups excluding tert-OH is 1. The zero-order valence-corrected chi connectivity index (χ0v) is 10.8. The van der Waals surface area contributed by atoms with Crippen molar-refractivity contribution in [3.05, 3.63) is 38.0 Å². The zero-order valence-electron chi connectivity index (χ0n) is 10.8. The lowest BCUT2D eigenvalue weighted by molar-refractivity contribution is 0.102. The highest BCUT2D eigenvalue weighted by molar-refractivity contribution is 4.52. The largest absolute Gasteiger partial charge is 0.394 e. The van der Waals surface area contributed by atoms with Gasteiger partial charge >= 0.3 is 0 Å². The van der Waals surface area contributed by atoms with Crippen molar-refractivity contribution in [2.45, 2.75) is 27.7 Å². The lowest BCUT2D eigenvalue weighted by atomic mass is 10.8. The van der Waals surface area contributed by atoms with Crippen LogP contribution in [0.4, 0.5) is 0 Å². The Labute approximate surface area is 96.0 Å². The normalized spacial score (nSPS) is 6.20. The van der Waals surface area contributed by atoms with E-state index >= 15 is 0 Å². The van der Waals surface area contributed by atoms with Gasteiger partial charge in [-0.2, -0.15) is 0 Å². The Kier molecular flexibility index (Phi) is 81.3. The molecule has 0 saturated heterocycles. The van der Waals surface area contributed by atoms with Crippen molar-refractivity contribution >= 4 is 0 Å². The van der Waals surface area contributed by atoms with Crippen molar-refractivity contribution in [1.82, 2.24) is 0 Å². The third kappa shape index (κ3) is 356. The Morgan fingerprint density at radius 3 is 1.33 bits per heavy atom. The second kappa shape index (κ2) is 51.4. The van der Waals surface area contributed by atoms with Gasteiger partial charge in [0.05, 0.1) is 13.2 Å². The first-order valence-electron chi connectivity index (χ1n) is 5.06. The number of aliphatic hydroxyl groups is 1. The topological polar surface area (TPSA) is 29.5 Å². The Balaban J connectivity index is -0.0000000581. The smallest absolute Gasteiger partial charge is 0.0697 e. The summed E-state index contributed by atoms with van der Waals surface area (Å²) in [5, 5.41) is 8.07. The Hall–Kier alpha value is -0.860. The van der Waals surface area contributed by atoms with E-state index in [0.717, 1.165) is 0 Å². The van der Waals surface area contributed by atoms with Crippen LogP contribution >= 0.6 is 0 Å². The minimum Gasteiger partial charge on any atom is -0.394 e. The van der Waals surface area contributed by atoms with Gasteiger partial charge < -0.3 is 9.84 Å². The summed E-state index contributed by atoms with van der Waals surface area (Å²) < 4.78 is 4.73. The molecule has 0 aromatic rings. The van der Waals surface area contributed by atoms with Gasteiger partial charge in [-0.25, -0.2) is 0 Å². The van der Waals surface area contributed by atoms with Crippen LogP contribution in [-0.2, 0) is 4.74 Å². The van der Waals surface area contributed by atoms with Gasteiger partial charge in [0.1, 0.15) is 0 Å². The van der Waals surface area contributed by atoms with E-state index in [1.54, 1.807) is 18.2 Å². The Morgan fingerprint density at radius 2 is 1.27 bits per heavy atom. The molecule has 0 radical (unpaired) electrons. The first kappa shape index (κ1) is 23.7. The fourth-order valence-corrected chi connectivity index (χ4v) is 0.209. The van der Waals surface area contributed by atoms with Crippen molar-refractivity contribution in [3.63, 3.8) is 0 Å². The molecule has 92 valence electrons. The number of hydrogen-bond acceptors (Lipinski definition) is 2. The first-order chi connectivity index (χ1) is 7.16. The molecule has 0 atom stereocenters. The van der Waals surface area contributed by atoms with E-state index < -0.39 is 0 Å². The molecule has 1 N–H and O–H groups in total. The predicted molar refractivity (Wildman–Crippen MR) is 71.2 cm³/mol. The van der Waals surface area contributed by atoms with Crippen LogP contribution in [0.2, 0.25) is 0 Å². The molecule has 0 aromatic carbocycles. The van der Waals surface area contributed by atoms with Crippen LogP contribution in [0.1, 0.15) is 27.7 Å². The molecule has 0 aromatic heterocycles. The molecule has 0 rings (SSSR count). The van der Waals surface area contributed by atoms with E-state index in [1.165, 1.54) is 0 Å². The van der Waals surface area contributed by atoms with Crippen molar-refractivity contribution in [2.24, 2.45) is 0 Å². The highest BCUT2D eigenvalue weighted by Crippen LogP contribution is 1.66. The maximum absolute atomic E-state index is 8.07. The van der Waals surface area contributed by atoms with Crippen molar-refractivity contribution in [3.8, 4) is 0 Å². The summed E-state index contributed by atoms with van der Waals surface area (Å²) in [7, 11) is 0. The first-order valence-corrected chi connectivity index (χ1v) is 5.06. The van der Waals surface area contributed by atoms with E-state index in [4.69, 9.17) is 9.84 Å². The number of rotatable bonds is 3. The van der Waals surface area contributed by atoms with Crippen LogP contribution in [0, 0.1) is 0 Å². The summed E-state index contributed by atoms with van der Waals surface area (Å²) >= 11 is 0. The number of hydrogen-bond donors (Lipinski definition) is 1. The van der Waals surface area contributed by atoms with E-state index in [-0.39, 0.29) is 6.61 Å². The minimum atomic E-state index is 0.133. The lowest BCUT2D eigenvalue weighted by Gasteiger charge is -1.91. The second-order valence-corrected chi connectivity index (χ2v) is 2.15. The van der Waals surface area contributed by atoms with Crippen LogP contribution in [-0.4, -0.2) is 24.9 Å². The molecule has 0 bridgehead atoms. The summed E-state index contributed by atoms with van der Waals surface area (Å²) in [6.07, 6.45) is 5.25. The van der Waals surface area contributed by atoms with Gasteiger partial charge in [-0.05, 0) is 27.7 Å². The SMILES string of the molecule is C=CC.C=CC.C=CC.CCOCCO. The molecular weight excluding hydrogens is 188 g/mol. The molecule has 0 heterocycles. The van der Waals surface area contributed by atoms with Gasteiger partial charge in [-0.1, -0.05) is 18.2 Å². The average Bonchev–Trinajstić information content (AvgIpc) is 2.18. The van der Waals surface area contributed by atoms with Crippen molar-refractivity contribution in [2.75, 3.05) is 19.8 Å². The minimum absolute atomic E-state index is 0.133. The van der Waals surface area contributed by atoms with E-state index in [1.807, 2.05) is 27.7 Å². The van der Waals surface area contributed by atoms with Crippen LogP contribution in [0.3, 0.4) is 0 Å². The molecule has 0 aliphatic rings. The lowest BCUT2D eigenvalue weighted by Crippen LogP contribution is -1.96. The molecule has 0 amide bonds. The fourth-order valence-electron chi connectivity index (χ4n) is 0.209. The highest BCUT2D eigenvalue weighted by atomic mass is 16.5. The summed E-state index contributed by atoms with van der Waals surface area (Å²) in [5.74, 6) is 0. The Morgan fingerprint density at radius 1 is 1.00 bits per heavy atom. The molecule has 0 saturated carbocycles. The molecule has 15 heavy (non-hydrogen) atoms. The van der Waals surface area contributed by atoms with Crippen molar-refractivity contribution < 1.29 is 9.84 Å². The summed E-state index contributed by atoms with van der Waals surface area (Å²) in [4.78, 5) is 0. The van der Waals surface area contributed by atoms with E-state index in [9.17, 15) is 0 Å². The molecule has 0 unspecified atom stereocenters. The number of allylic oxidation sites excluding steroid dienone is 3. The van der Waals surface area contributed by atoms with E-state index in [2.05, 4.69) is 19.7 Å². The van der Waals surface area contributed by atoms with Crippen LogP contribution in [0.15, 0.2) is 38.0 Å². The van der Waals surface area contributed by atoms with E-state index in [0.29, 0.717) is 13.2 Å². The average molecular weight is 216 g/mol. The molecule has 2 nitrogen and oxygen atoms in total.